The molecule has 1 aromatic rings. The molecule has 0 bridgehead atoms. The van der Waals surface area contributed by atoms with Gasteiger partial charge in [-0.2, -0.15) is 0 Å². The van der Waals surface area contributed by atoms with Crippen LogP contribution < -0.4 is 0 Å². The van der Waals surface area contributed by atoms with Gasteiger partial charge in [0.15, 0.2) is 5.78 Å². The van der Waals surface area contributed by atoms with E-state index in [0.717, 1.165) is 25.2 Å². The molecule has 0 amide bonds. The van der Waals surface area contributed by atoms with Crippen LogP contribution in [0.2, 0.25) is 5.02 Å². The fraction of sp³-hybridized carbons (Fsp3) is 0.533. The molecule has 98 valence electrons. The number of ketones is 1. The molecule has 1 aliphatic rings. The van der Waals surface area contributed by atoms with Gasteiger partial charge in [-0.3, -0.25) is 4.79 Å². The summed E-state index contributed by atoms with van der Waals surface area (Å²) in [7, 11) is 0. The minimum atomic E-state index is 0.205. The largest absolute Gasteiger partial charge is 0.302 e. The number of carbonyl (C=O) groups excluding carboxylic acids is 1. The van der Waals surface area contributed by atoms with E-state index in [0.29, 0.717) is 16.9 Å². The Bertz CT molecular complexity index is 425. The third-order valence-electron chi connectivity index (χ3n) is 3.58. The lowest BCUT2D eigenvalue weighted by Crippen LogP contribution is -2.25. The van der Waals surface area contributed by atoms with Gasteiger partial charge in [0, 0.05) is 30.1 Å². The molecule has 1 aromatic carbocycles. The van der Waals surface area contributed by atoms with Gasteiger partial charge in [-0.25, -0.2) is 0 Å². The normalized spacial score (nSPS) is 19.1. The Balaban J connectivity index is 1.84. The van der Waals surface area contributed by atoms with Crippen molar-refractivity contribution in [3.8, 4) is 0 Å². The number of benzene rings is 1. The van der Waals surface area contributed by atoms with Crippen LogP contribution in [0.3, 0.4) is 0 Å². The predicted molar refractivity (Wildman–Crippen MR) is 75.2 cm³/mol. The van der Waals surface area contributed by atoms with Crippen LogP contribution in [0.5, 0.6) is 0 Å². The van der Waals surface area contributed by atoms with E-state index in [1.54, 1.807) is 24.3 Å². The van der Waals surface area contributed by atoms with Crippen LogP contribution in [-0.4, -0.2) is 30.3 Å². The Morgan fingerprint density at radius 1 is 1.33 bits per heavy atom. The molecule has 0 aromatic heterocycles. The summed E-state index contributed by atoms with van der Waals surface area (Å²) in [6, 6.07) is 7.15. The zero-order chi connectivity index (χ0) is 13.2. The van der Waals surface area contributed by atoms with E-state index in [2.05, 4.69) is 18.7 Å². The quantitative estimate of drug-likeness (QED) is 0.775. The first-order chi connectivity index (χ1) is 8.46. The molecule has 0 saturated carbocycles. The number of Topliss-reactive ketones (excluding diaryl/α,β-unsaturated/α-hetero) is 1. The lowest BCUT2D eigenvalue weighted by Gasteiger charge is -2.19. The van der Waals surface area contributed by atoms with Gasteiger partial charge in [-0.15, -0.1) is 0 Å². The van der Waals surface area contributed by atoms with E-state index in [9.17, 15) is 4.79 Å². The molecule has 2 nitrogen and oxygen atoms in total. The number of carbonyl (C=O) groups is 1. The number of halogens is 1. The summed E-state index contributed by atoms with van der Waals surface area (Å²) in [5.41, 5.74) is 1.17. The van der Waals surface area contributed by atoms with Crippen molar-refractivity contribution in [2.75, 3.05) is 19.6 Å². The van der Waals surface area contributed by atoms with Crippen LogP contribution >= 0.6 is 11.6 Å². The Labute approximate surface area is 114 Å². The summed E-state index contributed by atoms with van der Waals surface area (Å²) in [6.45, 7) is 7.65. The van der Waals surface area contributed by atoms with Crippen molar-refractivity contribution in [3.05, 3.63) is 34.9 Å². The lowest BCUT2D eigenvalue weighted by atomic mass is 9.93. The summed E-state index contributed by atoms with van der Waals surface area (Å²) in [4.78, 5) is 14.4. The molecule has 0 spiro atoms. The molecule has 2 rings (SSSR count). The fourth-order valence-electron chi connectivity index (χ4n) is 2.45. The zero-order valence-corrected chi connectivity index (χ0v) is 11.8. The molecule has 1 saturated heterocycles. The maximum absolute atomic E-state index is 12.0. The smallest absolute Gasteiger partial charge is 0.164 e. The molecule has 1 fully saturated rings. The van der Waals surface area contributed by atoms with E-state index in [4.69, 9.17) is 11.6 Å². The maximum atomic E-state index is 12.0. The Hall–Kier alpha value is -0.860. The van der Waals surface area contributed by atoms with Crippen molar-refractivity contribution in [2.45, 2.75) is 26.7 Å². The predicted octanol–water partition coefficient (Wildman–Crippen LogP) is 3.64. The lowest BCUT2D eigenvalue weighted by molar-refractivity contribution is 0.0967. The number of nitrogens with zero attached hydrogens (tertiary/aromatic N) is 1. The van der Waals surface area contributed by atoms with E-state index in [1.807, 2.05) is 0 Å². The highest BCUT2D eigenvalue weighted by Gasteiger charge is 2.28. The fourth-order valence-corrected chi connectivity index (χ4v) is 2.58. The SMILES string of the molecule is CC1(C)CCN(CCC(=O)c2ccc(Cl)cc2)C1. The van der Waals surface area contributed by atoms with Gasteiger partial charge in [-0.1, -0.05) is 25.4 Å². The van der Waals surface area contributed by atoms with E-state index < -0.39 is 0 Å². The van der Waals surface area contributed by atoms with Gasteiger partial charge in [0.2, 0.25) is 0 Å². The zero-order valence-electron chi connectivity index (χ0n) is 11.1. The summed E-state index contributed by atoms with van der Waals surface area (Å²) < 4.78 is 0. The van der Waals surface area contributed by atoms with E-state index >= 15 is 0 Å². The topological polar surface area (TPSA) is 20.3 Å². The highest BCUT2D eigenvalue weighted by Crippen LogP contribution is 2.28. The number of hydrogen-bond donors (Lipinski definition) is 0. The Morgan fingerprint density at radius 2 is 2.00 bits per heavy atom. The van der Waals surface area contributed by atoms with Gasteiger partial charge >= 0.3 is 0 Å². The monoisotopic (exact) mass is 265 g/mol. The van der Waals surface area contributed by atoms with Crippen molar-refractivity contribution >= 4 is 17.4 Å². The summed E-state index contributed by atoms with van der Waals surface area (Å²) in [6.07, 6.45) is 1.82. The average molecular weight is 266 g/mol. The minimum Gasteiger partial charge on any atom is -0.302 e. The van der Waals surface area contributed by atoms with Crippen LogP contribution in [0.25, 0.3) is 0 Å². The second-order valence-electron chi connectivity index (χ2n) is 5.87. The summed E-state index contributed by atoms with van der Waals surface area (Å²) in [5, 5.41) is 0.674. The molecule has 18 heavy (non-hydrogen) atoms. The Morgan fingerprint density at radius 3 is 2.56 bits per heavy atom. The third kappa shape index (κ3) is 3.56. The molecular weight excluding hydrogens is 246 g/mol. The Kier molecular flexibility index (Phi) is 4.08. The minimum absolute atomic E-state index is 0.205. The molecule has 3 heteroatoms. The molecule has 0 aliphatic carbocycles. The maximum Gasteiger partial charge on any atom is 0.164 e. The molecule has 1 aliphatic heterocycles. The van der Waals surface area contributed by atoms with Crippen LogP contribution in [0.4, 0.5) is 0 Å². The van der Waals surface area contributed by atoms with Crippen molar-refractivity contribution in [3.63, 3.8) is 0 Å². The molecular formula is C15H20ClNO. The highest BCUT2D eigenvalue weighted by atomic mass is 35.5. The third-order valence-corrected chi connectivity index (χ3v) is 3.83. The van der Waals surface area contributed by atoms with Crippen molar-refractivity contribution in [2.24, 2.45) is 5.41 Å². The molecule has 0 N–H and O–H groups in total. The number of rotatable bonds is 4. The van der Waals surface area contributed by atoms with Gasteiger partial charge in [-0.05, 0) is 42.6 Å². The molecule has 0 radical (unpaired) electrons. The highest BCUT2D eigenvalue weighted by molar-refractivity contribution is 6.30. The number of likely N-dealkylation sites (tertiary alicyclic amines) is 1. The first-order valence-electron chi connectivity index (χ1n) is 6.47. The molecule has 0 atom stereocenters. The van der Waals surface area contributed by atoms with Crippen LogP contribution in [0.1, 0.15) is 37.0 Å². The van der Waals surface area contributed by atoms with Crippen molar-refractivity contribution < 1.29 is 4.79 Å². The summed E-state index contributed by atoms with van der Waals surface area (Å²) >= 11 is 5.81. The molecule has 1 heterocycles. The average Bonchev–Trinajstić information content (AvgIpc) is 2.67. The first kappa shape index (κ1) is 13.6. The standard InChI is InChI=1S/C15H20ClNO/c1-15(2)8-10-17(11-15)9-7-14(18)12-3-5-13(16)6-4-12/h3-6H,7-11H2,1-2H3. The van der Waals surface area contributed by atoms with Gasteiger partial charge in [0.1, 0.15) is 0 Å². The van der Waals surface area contributed by atoms with Gasteiger partial charge < -0.3 is 4.90 Å². The molecule has 0 unspecified atom stereocenters. The van der Waals surface area contributed by atoms with Gasteiger partial charge in [0.05, 0.1) is 0 Å². The van der Waals surface area contributed by atoms with E-state index in [1.165, 1.54) is 6.42 Å². The second-order valence-corrected chi connectivity index (χ2v) is 6.31. The first-order valence-corrected chi connectivity index (χ1v) is 6.85. The number of hydrogen-bond acceptors (Lipinski definition) is 2. The van der Waals surface area contributed by atoms with Crippen molar-refractivity contribution in [1.29, 1.82) is 0 Å². The second kappa shape index (κ2) is 5.41. The van der Waals surface area contributed by atoms with Crippen molar-refractivity contribution in [1.82, 2.24) is 4.90 Å². The van der Waals surface area contributed by atoms with Gasteiger partial charge in [0.25, 0.3) is 0 Å². The summed E-state index contributed by atoms with van der Waals surface area (Å²) in [5.74, 6) is 0.205. The van der Waals surface area contributed by atoms with Crippen LogP contribution in [0.15, 0.2) is 24.3 Å². The van der Waals surface area contributed by atoms with Crippen LogP contribution in [-0.2, 0) is 0 Å². The van der Waals surface area contributed by atoms with Crippen LogP contribution in [0, 0.1) is 5.41 Å². The van der Waals surface area contributed by atoms with E-state index in [-0.39, 0.29) is 5.78 Å².